The molecule has 0 aromatic heterocycles. The van der Waals surface area contributed by atoms with Gasteiger partial charge in [-0.05, 0) is 50.2 Å². The Hall–Kier alpha value is -1.22. The molecule has 0 saturated heterocycles. The molecular formula is C24H42. The van der Waals surface area contributed by atoms with E-state index >= 15 is 0 Å². The summed E-state index contributed by atoms with van der Waals surface area (Å²) in [6.07, 6.45) is 8.20. The van der Waals surface area contributed by atoms with Crippen molar-refractivity contribution in [1.82, 2.24) is 0 Å². The Bertz CT molecular complexity index is 467. The van der Waals surface area contributed by atoms with Crippen LogP contribution in [0.15, 0.2) is 18.2 Å². The minimum absolute atomic E-state index is 0.773. The Kier molecular flexibility index (Phi) is 16.0. The topological polar surface area (TPSA) is 0 Å². The lowest BCUT2D eigenvalue weighted by Gasteiger charge is -2.38. The van der Waals surface area contributed by atoms with E-state index in [0.29, 0.717) is 0 Å². The van der Waals surface area contributed by atoms with E-state index in [-0.39, 0.29) is 0 Å². The minimum atomic E-state index is 0.773. The van der Waals surface area contributed by atoms with Crippen LogP contribution in [0.3, 0.4) is 0 Å². The van der Waals surface area contributed by atoms with Gasteiger partial charge in [-0.25, -0.2) is 0 Å². The van der Waals surface area contributed by atoms with Crippen LogP contribution in [0.1, 0.15) is 104 Å². The quantitative estimate of drug-likeness (QED) is 0.480. The van der Waals surface area contributed by atoms with Crippen molar-refractivity contribution < 1.29 is 0 Å². The number of rotatable bonds is 2. The second-order valence-electron chi connectivity index (χ2n) is 6.39. The second kappa shape index (κ2) is 15.3. The fraction of sp³-hybridized carbons (Fsp3) is 0.667. The van der Waals surface area contributed by atoms with Crippen LogP contribution in [0, 0.1) is 31.1 Å². The molecule has 1 aromatic rings. The predicted molar refractivity (Wildman–Crippen MR) is 113 cm³/mol. The molecule has 2 rings (SSSR count). The molecule has 0 heteroatoms. The largest absolute Gasteiger partial charge is 0.0982 e. The molecule has 1 aromatic carbocycles. The molecule has 0 amide bonds. The second-order valence-corrected chi connectivity index (χ2v) is 6.39. The van der Waals surface area contributed by atoms with E-state index in [1.54, 1.807) is 0 Å². The zero-order chi connectivity index (χ0) is 19.0. The monoisotopic (exact) mass is 330 g/mol. The van der Waals surface area contributed by atoms with E-state index in [9.17, 15) is 0 Å². The number of benzene rings is 1. The van der Waals surface area contributed by atoms with Crippen molar-refractivity contribution >= 4 is 0 Å². The molecule has 1 aliphatic rings. The molecule has 0 heterocycles. The highest BCUT2D eigenvalue weighted by Gasteiger charge is 2.29. The molecular weight excluding hydrogens is 288 g/mol. The lowest BCUT2D eigenvalue weighted by atomic mass is 9.68. The van der Waals surface area contributed by atoms with Gasteiger partial charge in [0.2, 0.25) is 0 Å². The van der Waals surface area contributed by atoms with Crippen molar-refractivity contribution in [2.45, 2.75) is 101 Å². The van der Waals surface area contributed by atoms with Gasteiger partial charge in [-0.3, -0.25) is 0 Å². The van der Waals surface area contributed by atoms with Gasteiger partial charge in [0.25, 0.3) is 0 Å². The van der Waals surface area contributed by atoms with Gasteiger partial charge in [-0.1, -0.05) is 90.8 Å². The Morgan fingerprint density at radius 1 is 1.00 bits per heavy atom. The highest BCUT2D eigenvalue weighted by Crippen LogP contribution is 2.43. The lowest BCUT2D eigenvalue weighted by Crippen LogP contribution is -2.24. The molecule has 0 atom stereocenters. The van der Waals surface area contributed by atoms with Crippen LogP contribution in [0.4, 0.5) is 0 Å². The standard InChI is InChI=1S/C12H14.C8H16.2C2H6/c1-4-5-6-12-8-7-10(2)9-11(12)3;1-3-5-8(2)6-4-7-8;2*1-2/h7-9H,4H2,1-3H3;3-7H2,1-2H3;2*1-2H3. The third-order valence-corrected chi connectivity index (χ3v) is 4.20. The van der Waals surface area contributed by atoms with E-state index < -0.39 is 0 Å². The predicted octanol–water partition coefficient (Wildman–Crippen LogP) is 8.09. The highest BCUT2D eigenvalue weighted by molar-refractivity contribution is 5.42. The molecule has 0 spiro atoms. The lowest BCUT2D eigenvalue weighted by molar-refractivity contribution is 0.145. The first-order chi connectivity index (χ1) is 11.5. The van der Waals surface area contributed by atoms with E-state index in [2.05, 4.69) is 64.7 Å². The molecule has 0 radical (unpaired) electrons. The Morgan fingerprint density at radius 3 is 1.92 bits per heavy atom. The van der Waals surface area contributed by atoms with Gasteiger partial charge in [0.05, 0.1) is 0 Å². The number of aryl methyl sites for hydroxylation is 2. The van der Waals surface area contributed by atoms with E-state index in [4.69, 9.17) is 0 Å². The summed E-state index contributed by atoms with van der Waals surface area (Å²) in [5.74, 6) is 6.21. The molecule has 0 aliphatic heterocycles. The molecule has 0 unspecified atom stereocenters. The first kappa shape index (κ1) is 25.0. The van der Waals surface area contributed by atoms with Gasteiger partial charge in [0, 0.05) is 12.0 Å². The van der Waals surface area contributed by atoms with E-state index in [1.807, 2.05) is 27.7 Å². The average molecular weight is 331 g/mol. The third-order valence-electron chi connectivity index (χ3n) is 4.20. The van der Waals surface area contributed by atoms with Gasteiger partial charge >= 0.3 is 0 Å². The number of hydrogen-bond donors (Lipinski definition) is 0. The SMILES string of the molecule is CC.CC.CCC#Cc1ccc(C)cc1C.CCCC1(C)CCC1. The molecule has 0 N–H and O–H groups in total. The first-order valence-electron chi connectivity index (χ1n) is 10.1. The summed E-state index contributed by atoms with van der Waals surface area (Å²) in [5, 5.41) is 0. The van der Waals surface area contributed by atoms with Crippen molar-refractivity contribution in [3.8, 4) is 11.8 Å². The smallest absolute Gasteiger partial charge is 0.0274 e. The minimum Gasteiger partial charge on any atom is -0.0982 e. The summed E-state index contributed by atoms with van der Waals surface area (Å²) in [7, 11) is 0. The van der Waals surface area contributed by atoms with Gasteiger partial charge in [-0.15, -0.1) is 0 Å². The Balaban J connectivity index is 0. The maximum absolute atomic E-state index is 3.14. The van der Waals surface area contributed by atoms with Crippen LogP contribution in [-0.2, 0) is 0 Å². The average Bonchev–Trinajstić information content (AvgIpc) is 2.57. The van der Waals surface area contributed by atoms with Crippen molar-refractivity contribution in [2.24, 2.45) is 5.41 Å². The van der Waals surface area contributed by atoms with Gasteiger partial charge in [0.1, 0.15) is 0 Å². The molecule has 1 saturated carbocycles. The van der Waals surface area contributed by atoms with Crippen LogP contribution in [-0.4, -0.2) is 0 Å². The summed E-state index contributed by atoms with van der Waals surface area (Å²) in [5.41, 5.74) is 4.50. The normalized spacial score (nSPS) is 13.2. The van der Waals surface area contributed by atoms with E-state index in [1.165, 1.54) is 43.2 Å². The fourth-order valence-corrected chi connectivity index (χ4v) is 2.77. The fourth-order valence-electron chi connectivity index (χ4n) is 2.77. The van der Waals surface area contributed by atoms with Gasteiger partial charge in [-0.2, -0.15) is 0 Å². The summed E-state index contributed by atoms with van der Waals surface area (Å²) in [6, 6.07) is 6.36. The number of hydrogen-bond acceptors (Lipinski definition) is 0. The highest BCUT2D eigenvalue weighted by atomic mass is 14.3. The first-order valence-corrected chi connectivity index (χ1v) is 10.1. The summed E-state index contributed by atoms with van der Waals surface area (Å²) < 4.78 is 0. The Labute approximate surface area is 153 Å². The molecule has 138 valence electrons. The van der Waals surface area contributed by atoms with Crippen molar-refractivity contribution in [3.05, 3.63) is 34.9 Å². The van der Waals surface area contributed by atoms with Crippen LogP contribution < -0.4 is 0 Å². The van der Waals surface area contributed by atoms with Crippen LogP contribution >= 0.6 is 0 Å². The maximum Gasteiger partial charge on any atom is 0.0274 e. The molecule has 1 aliphatic carbocycles. The van der Waals surface area contributed by atoms with Crippen LogP contribution in [0.5, 0.6) is 0 Å². The molecule has 24 heavy (non-hydrogen) atoms. The zero-order valence-electron chi connectivity index (χ0n) is 18.0. The van der Waals surface area contributed by atoms with Crippen molar-refractivity contribution in [3.63, 3.8) is 0 Å². The molecule has 1 fully saturated rings. The molecule has 0 nitrogen and oxygen atoms in total. The van der Waals surface area contributed by atoms with Crippen molar-refractivity contribution in [2.75, 3.05) is 0 Å². The maximum atomic E-state index is 3.14. The summed E-state index contributed by atoms with van der Waals surface area (Å²) in [6.45, 7) is 19.0. The van der Waals surface area contributed by atoms with Gasteiger partial charge < -0.3 is 0 Å². The third kappa shape index (κ3) is 10.5. The molecule has 0 bridgehead atoms. The Morgan fingerprint density at radius 2 is 1.58 bits per heavy atom. The summed E-state index contributed by atoms with van der Waals surface area (Å²) in [4.78, 5) is 0. The summed E-state index contributed by atoms with van der Waals surface area (Å²) >= 11 is 0. The van der Waals surface area contributed by atoms with E-state index in [0.717, 1.165) is 17.4 Å². The van der Waals surface area contributed by atoms with Crippen molar-refractivity contribution in [1.29, 1.82) is 0 Å². The van der Waals surface area contributed by atoms with Crippen LogP contribution in [0.2, 0.25) is 0 Å². The zero-order valence-corrected chi connectivity index (χ0v) is 18.0. The van der Waals surface area contributed by atoms with Crippen LogP contribution in [0.25, 0.3) is 0 Å². The van der Waals surface area contributed by atoms with Gasteiger partial charge in [0.15, 0.2) is 0 Å².